The molecule has 5 heteroatoms. The number of carbonyl (C=O) groups excluding carboxylic acids is 1. The second kappa shape index (κ2) is 7.37. The molecule has 0 aliphatic heterocycles. The van der Waals surface area contributed by atoms with E-state index in [0.717, 1.165) is 0 Å². The fourth-order valence-electron chi connectivity index (χ4n) is 0.699. The first-order valence-electron chi connectivity index (χ1n) is 3.91. The molecule has 1 radical (unpaired) electrons. The molecule has 0 amide bonds. The topological polar surface area (TPSA) is 35.5 Å². The zero-order valence-corrected chi connectivity index (χ0v) is 12.9. The fourth-order valence-corrected chi connectivity index (χ4v) is 1.54. The first-order chi connectivity index (χ1) is 5.89. The monoisotopic (exact) mass is 288 g/mol. The summed E-state index contributed by atoms with van der Waals surface area (Å²) in [5.74, 6) is 0.544. The summed E-state index contributed by atoms with van der Waals surface area (Å²) in [6.07, 6.45) is 3.07. The largest absolute Gasteiger partial charge is 0.559 e. The maximum Gasteiger partial charge on any atom is 0.240 e. The van der Waals surface area contributed by atoms with Crippen LogP contribution in [0.2, 0.25) is 19.6 Å². The molecule has 0 aromatic heterocycles. The Morgan fingerprint density at radius 1 is 1.43 bits per heavy atom. The minimum absolute atomic E-state index is 0. The molecule has 0 rings (SSSR count). The molecule has 0 N–H and O–H groups in total. The molecule has 3 nitrogen and oxygen atoms in total. The number of allylic oxidation sites excluding steroid dienone is 2. The van der Waals surface area contributed by atoms with E-state index in [1.807, 2.05) is 19.6 Å². The Morgan fingerprint density at radius 2 is 1.93 bits per heavy atom. The Bertz CT molecular complexity index is 231. The number of rotatable bonds is 5. The third-order valence-electron chi connectivity index (χ3n) is 1.05. The maximum absolute atomic E-state index is 10.2. The summed E-state index contributed by atoms with van der Waals surface area (Å²) < 4.78 is 10.2. The SMILES string of the molecule is C=C(C=C([C-]=O)OC)O[Si](C)(C)C.[Y]. The van der Waals surface area contributed by atoms with E-state index in [9.17, 15) is 4.79 Å². The van der Waals surface area contributed by atoms with Crippen molar-refractivity contribution in [1.29, 1.82) is 0 Å². The van der Waals surface area contributed by atoms with Crippen molar-refractivity contribution in [3.63, 3.8) is 0 Å². The van der Waals surface area contributed by atoms with Crippen LogP contribution in [0.15, 0.2) is 24.2 Å². The van der Waals surface area contributed by atoms with Gasteiger partial charge in [0.2, 0.25) is 8.32 Å². The third-order valence-corrected chi connectivity index (χ3v) is 1.92. The zero-order chi connectivity index (χ0) is 10.5. The molecular formula is C9H15O3SiY-. The smallest absolute Gasteiger partial charge is 0.240 e. The summed E-state index contributed by atoms with van der Waals surface area (Å²) in [6, 6.07) is 0. The van der Waals surface area contributed by atoms with Crippen LogP contribution in [0.4, 0.5) is 0 Å². The van der Waals surface area contributed by atoms with Crippen molar-refractivity contribution in [2.24, 2.45) is 0 Å². The van der Waals surface area contributed by atoms with E-state index < -0.39 is 8.32 Å². The van der Waals surface area contributed by atoms with Gasteiger partial charge in [0.25, 0.3) is 0 Å². The second-order valence-corrected chi connectivity index (χ2v) is 7.92. The van der Waals surface area contributed by atoms with Gasteiger partial charge in [-0.25, -0.2) is 0 Å². The van der Waals surface area contributed by atoms with Crippen LogP contribution in [0.5, 0.6) is 0 Å². The van der Waals surface area contributed by atoms with E-state index in [2.05, 4.69) is 6.58 Å². The Balaban J connectivity index is 0. The van der Waals surface area contributed by atoms with Gasteiger partial charge in [-0.2, -0.15) is 0 Å². The van der Waals surface area contributed by atoms with E-state index in [4.69, 9.17) is 9.16 Å². The summed E-state index contributed by atoms with van der Waals surface area (Å²) >= 11 is 0. The second-order valence-electron chi connectivity index (χ2n) is 3.50. The van der Waals surface area contributed by atoms with Crippen LogP contribution in [0.25, 0.3) is 0 Å². The van der Waals surface area contributed by atoms with Gasteiger partial charge in [0.15, 0.2) is 0 Å². The molecule has 0 saturated carbocycles. The van der Waals surface area contributed by atoms with Crippen molar-refractivity contribution < 1.29 is 46.7 Å². The van der Waals surface area contributed by atoms with E-state index in [1.165, 1.54) is 13.2 Å². The summed E-state index contributed by atoms with van der Waals surface area (Å²) in [4.78, 5) is 10.2. The molecule has 0 heterocycles. The van der Waals surface area contributed by atoms with Crippen LogP contribution >= 0.6 is 0 Å². The van der Waals surface area contributed by atoms with E-state index in [1.54, 1.807) is 6.29 Å². The third kappa shape index (κ3) is 8.66. The van der Waals surface area contributed by atoms with E-state index >= 15 is 0 Å². The Morgan fingerprint density at radius 3 is 2.21 bits per heavy atom. The first-order valence-corrected chi connectivity index (χ1v) is 7.31. The van der Waals surface area contributed by atoms with Crippen molar-refractivity contribution >= 4 is 14.6 Å². The first kappa shape index (κ1) is 16.5. The predicted molar refractivity (Wildman–Crippen MR) is 54.4 cm³/mol. The van der Waals surface area contributed by atoms with E-state index in [0.29, 0.717) is 5.76 Å². The Hall–Kier alpha value is 0.0708. The summed E-state index contributed by atoms with van der Waals surface area (Å²) in [5, 5.41) is 0. The van der Waals surface area contributed by atoms with Crippen LogP contribution in [0, 0.1) is 0 Å². The zero-order valence-electron chi connectivity index (χ0n) is 9.09. The van der Waals surface area contributed by atoms with Gasteiger partial charge in [0, 0.05) is 44.8 Å². The molecule has 0 atom stereocenters. The summed E-state index contributed by atoms with van der Waals surface area (Å²) in [7, 11) is -0.241. The molecule has 0 unspecified atom stereocenters. The van der Waals surface area contributed by atoms with E-state index in [-0.39, 0.29) is 38.5 Å². The van der Waals surface area contributed by atoms with Gasteiger partial charge in [-0.3, -0.25) is 0 Å². The minimum Gasteiger partial charge on any atom is -0.559 e. The minimum atomic E-state index is -1.64. The summed E-state index contributed by atoms with van der Waals surface area (Å²) in [5.41, 5.74) is 0. The average Bonchev–Trinajstić information content (AvgIpc) is 1.96. The molecule has 0 aromatic rings. The van der Waals surface area contributed by atoms with Crippen LogP contribution in [-0.2, 0) is 46.7 Å². The van der Waals surface area contributed by atoms with Gasteiger partial charge in [-0.1, -0.05) is 6.58 Å². The van der Waals surface area contributed by atoms with Gasteiger partial charge in [-0.15, -0.1) is 6.08 Å². The van der Waals surface area contributed by atoms with Crippen LogP contribution in [-0.4, -0.2) is 21.7 Å². The van der Waals surface area contributed by atoms with Gasteiger partial charge in [-0.05, 0) is 25.4 Å². The van der Waals surface area contributed by atoms with Crippen molar-refractivity contribution in [2.45, 2.75) is 19.6 Å². The number of hydrogen-bond acceptors (Lipinski definition) is 3. The van der Waals surface area contributed by atoms with Crippen LogP contribution in [0.1, 0.15) is 0 Å². The molecule has 0 aliphatic carbocycles. The maximum atomic E-state index is 10.2. The van der Waals surface area contributed by atoms with Crippen molar-refractivity contribution in [2.75, 3.05) is 7.11 Å². The van der Waals surface area contributed by atoms with Gasteiger partial charge in [0.05, 0.1) is 7.11 Å². The molecular weight excluding hydrogens is 273 g/mol. The molecule has 0 bridgehead atoms. The Kier molecular flexibility index (Phi) is 8.69. The van der Waals surface area contributed by atoms with Crippen molar-refractivity contribution in [1.82, 2.24) is 0 Å². The molecule has 0 fully saturated rings. The molecule has 14 heavy (non-hydrogen) atoms. The molecule has 0 aliphatic rings. The molecule has 0 spiro atoms. The number of methoxy groups -OCH3 is 1. The standard InChI is InChI=1S/C9H15O3Si.Y/c1-8(12-13(3,4)5)6-9(7-10)11-2;/h6H,1H2,2-5H3;/q-1;. The fraction of sp³-hybridized carbons (Fsp3) is 0.444. The predicted octanol–water partition coefficient (Wildman–Crippen LogP) is 1.99. The quantitative estimate of drug-likeness (QED) is 0.255. The van der Waals surface area contributed by atoms with Crippen molar-refractivity contribution in [3.8, 4) is 0 Å². The Labute approximate surface area is 112 Å². The van der Waals surface area contributed by atoms with Gasteiger partial charge < -0.3 is 14.0 Å². The average molecular weight is 288 g/mol. The van der Waals surface area contributed by atoms with Gasteiger partial charge >= 0.3 is 0 Å². The number of ether oxygens (including phenoxy) is 1. The molecule has 0 aromatic carbocycles. The van der Waals surface area contributed by atoms with Crippen molar-refractivity contribution in [3.05, 3.63) is 24.2 Å². The van der Waals surface area contributed by atoms with Crippen LogP contribution < -0.4 is 0 Å². The normalized spacial score (nSPS) is 11.3. The number of hydrogen-bond donors (Lipinski definition) is 0. The van der Waals surface area contributed by atoms with Gasteiger partial charge in [0.1, 0.15) is 0 Å². The molecule has 77 valence electrons. The van der Waals surface area contributed by atoms with Crippen LogP contribution in [0.3, 0.4) is 0 Å². The molecule has 0 saturated heterocycles. The summed E-state index contributed by atoms with van der Waals surface area (Å²) in [6.45, 7) is 9.75.